The van der Waals surface area contributed by atoms with Gasteiger partial charge in [-0.25, -0.2) is 8.78 Å². The van der Waals surface area contributed by atoms with Crippen LogP contribution in [0.15, 0.2) is 35.2 Å². The molecule has 2 aromatic carbocycles. The molecule has 3 rings (SSSR count). The maximum Gasteiger partial charge on any atom is 0.162 e. The van der Waals surface area contributed by atoms with Crippen LogP contribution in [0.25, 0.3) is 0 Å². The molecule has 1 aliphatic rings. The molecule has 0 saturated carbocycles. The van der Waals surface area contributed by atoms with E-state index in [4.69, 9.17) is 21.1 Å². The number of ether oxygens (including phenoxy) is 2. The second-order valence-corrected chi connectivity index (χ2v) is 7.19. The summed E-state index contributed by atoms with van der Waals surface area (Å²) < 4.78 is 50.0. The Labute approximate surface area is 139 Å². The van der Waals surface area contributed by atoms with Crippen molar-refractivity contribution in [2.45, 2.75) is 17.1 Å². The lowest BCUT2D eigenvalue weighted by atomic mass is 10.1. The summed E-state index contributed by atoms with van der Waals surface area (Å²) in [6.07, 6.45) is 0. The zero-order valence-corrected chi connectivity index (χ0v) is 13.7. The van der Waals surface area contributed by atoms with E-state index in [2.05, 4.69) is 0 Å². The van der Waals surface area contributed by atoms with Gasteiger partial charge in [0.2, 0.25) is 0 Å². The number of benzene rings is 2. The van der Waals surface area contributed by atoms with Crippen molar-refractivity contribution in [1.29, 1.82) is 0 Å². The van der Waals surface area contributed by atoms with Gasteiger partial charge in [0, 0.05) is 12.1 Å². The van der Waals surface area contributed by atoms with E-state index in [-0.39, 0.29) is 5.02 Å². The van der Waals surface area contributed by atoms with Crippen molar-refractivity contribution in [2.75, 3.05) is 13.2 Å². The van der Waals surface area contributed by atoms with Crippen molar-refractivity contribution in [2.24, 2.45) is 0 Å². The molecular formula is C16H13ClF2O3S. The third kappa shape index (κ3) is 3.19. The Morgan fingerprint density at radius 1 is 1.09 bits per heavy atom. The standard InChI is InChI=1S/C16H13ClF2O3S/c1-9(10-2-3-12(18)13(19)6-10)23(20)16-8-15-14(7-11(16)17)21-4-5-22-15/h2-3,6-9H,4-5H2,1H3/t9-,23+/m1/s1. The van der Waals surface area contributed by atoms with E-state index in [1.165, 1.54) is 6.07 Å². The lowest BCUT2D eigenvalue weighted by Gasteiger charge is -2.20. The molecule has 0 saturated heterocycles. The van der Waals surface area contributed by atoms with E-state index in [0.717, 1.165) is 12.1 Å². The van der Waals surface area contributed by atoms with Gasteiger partial charge in [-0.05, 0) is 24.6 Å². The number of fused-ring (bicyclic) bond motifs is 1. The summed E-state index contributed by atoms with van der Waals surface area (Å²) in [5.41, 5.74) is 0.424. The van der Waals surface area contributed by atoms with Gasteiger partial charge < -0.3 is 9.47 Å². The number of hydrogen-bond donors (Lipinski definition) is 0. The van der Waals surface area contributed by atoms with Gasteiger partial charge in [-0.15, -0.1) is 0 Å². The molecule has 2 aromatic rings. The molecule has 0 spiro atoms. The fourth-order valence-electron chi connectivity index (χ4n) is 2.28. The Hall–Kier alpha value is -1.66. The van der Waals surface area contributed by atoms with Crippen LogP contribution in [0.5, 0.6) is 11.5 Å². The molecule has 2 atom stereocenters. The Morgan fingerprint density at radius 3 is 2.39 bits per heavy atom. The highest BCUT2D eigenvalue weighted by Crippen LogP contribution is 2.39. The highest BCUT2D eigenvalue weighted by molar-refractivity contribution is 7.85. The zero-order chi connectivity index (χ0) is 16.6. The molecule has 0 radical (unpaired) electrons. The topological polar surface area (TPSA) is 35.5 Å². The largest absolute Gasteiger partial charge is 0.486 e. The van der Waals surface area contributed by atoms with Crippen LogP contribution < -0.4 is 9.47 Å². The Balaban J connectivity index is 1.94. The summed E-state index contributed by atoms with van der Waals surface area (Å²) in [4.78, 5) is 0.369. The first-order chi connectivity index (χ1) is 11.0. The summed E-state index contributed by atoms with van der Waals surface area (Å²) in [6.45, 7) is 2.49. The van der Waals surface area contributed by atoms with Gasteiger partial charge in [0.05, 0.1) is 26.0 Å². The molecule has 3 nitrogen and oxygen atoms in total. The molecular weight excluding hydrogens is 346 g/mol. The maximum absolute atomic E-state index is 13.4. The zero-order valence-electron chi connectivity index (χ0n) is 12.1. The molecule has 0 aromatic heterocycles. The quantitative estimate of drug-likeness (QED) is 0.822. The van der Waals surface area contributed by atoms with Crippen LogP contribution in [0.4, 0.5) is 8.78 Å². The summed E-state index contributed by atoms with van der Waals surface area (Å²) in [5.74, 6) is -0.937. The molecule has 0 amide bonds. The Morgan fingerprint density at radius 2 is 1.74 bits per heavy atom. The smallest absolute Gasteiger partial charge is 0.162 e. The van der Waals surface area contributed by atoms with Crippen LogP contribution in [-0.2, 0) is 10.8 Å². The molecule has 1 heterocycles. The second-order valence-electron chi connectivity index (χ2n) is 5.04. The predicted molar refractivity (Wildman–Crippen MR) is 83.6 cm³/mol. The monoisotopic (exact) mass is 358 g/mol. The fraction of sp³-hybridized carbons (Fsp3) is 0.250. The minimum absolute atomic E-state index is 0.280. The van der Waals surface area contributed by atoms with Crippen molar-refractivity contribution >= 4 is 22.4 Å². The first-order valence-electron chi connectivity index (χ1n) is 6.92. The average Bonchev–Trinajstić information content (AvgIpc) is 2.55. The Kier molecular flexibility index (Phi) is 4.55. The van der Waals surface area contributed by atoms with Crippen LogP contribution in [0.1, 0.15) is 17.7 Å². The summed E-state index contributed by atoms with van der Waals surface area (Å²) in [7, 11) is -1.56. The molecule has 1 aliphatic heterocycles. The summed E-state index contributed by atoms with van der Waals surface area (Å²) in [5, 5.41) is -0.285. The third-order valence-electron chi connectivity index (χ3n) is 3.55. The van der Waals surface area contributed by atoms with Crippen molar-refractivity contribution in [3.8, 4) is 11.5 Å². The van der Waals surface area contributed by atoms with E-state index in [1.54, 1.807) is 19.1 Å². The van der Waals surface area contributed by atoms with E-state index >= 15 is 0 Å². The molecule has 0 unspecified atom stereocenters. The molecule has 23 heavy (non-hydrogen) atoms. The summed E-state index contributed by atoms with van der Waals surface area (Å²) >= 11 is 6.18. The Bertz CT molecular complexity index is 782. The normalized spacial score (nSPS) is 16.0. The third-order valence-corrected chi connectivity index (χ3v) is 5.66. The van der Waals surface area contributed by atoms with Gasteiger partial charge in [0.15, 0.2) is 23.1 Å². The summed E-state index contributed by atoms with van der Waals surface area (Å²) in [6, 6.07) is 6.60. The molecule has 122 valence electrons. The van der Waals surface area contributed by atoms with Gasteiger partial charge >= 0.3 is 0 Å². The minimum Gasteiger partial charge on any atom is -0.486 e. The van der Waals surface area contributed by atoms with E-state index in [0.29, 0.717) is 35.2 Å². The first-order valence-corrected chi connectivity index (χ1v) is 8.51. The fourth-order valence-corrected chi connectivity index (χ4v) is 3.91. The molecule has 0 aliphatic carbocycles. The van der Waals surface area contributed by atoms with Crippen LogP contribution in [0.2, 0.25) is 5.02 Å². The van der Waals surface area contributed by atoms with Gasteiger partial charge in [-0.3, -0.25) is 4.21 Å². The molecule has 0 bridgehead atoms. The number of halogens is 3. The maximum atomic E-state index is 13.4. The van der Waals surface area contributed by atoms with Crippen LogP contribution in [0, 0.1) is 11.6 Å². The van der Waals surface area contributed by atoms with Crippen molar-refractivity contribution in [1.82, 2.24) is 0 Å². The first kappa shape index (κ1) is 16.2. The van der Waals surface area contributed by atoms with Crippen LogP contribution in [0.3, 0.4) is 0 Å². The van der Waals surface area contributed by atoms with Gasteiger partial charge in [-0.2, -0.15) is 0 Å². The molecule has 0 fully saturated rings. The van der Waals surface area contributed by atoms with Crippen molar-refractivity contribution < 1.29 is 22.5 Å². The van der Waals surface area contributed by atoms with Crippen LogP contribution in [-0.4, -0.2) is 17.4 Å². The molecule has 7 heteroatoms. The average molecular weight is 359 g/mol. The van der Waals surface area contributed by atoms with Crippen molar-refractivity contribution in [3.05, 3.63) is 52.6 Å². The molecule has 0 N–H and O–H groups in total. The minimum atomic E-state index is -1.56. The lowest BCUT2D eigenvalue weighted by Crippen LogP contribution is -2.16. The van der Waals surface area contributed by atoms with E-state index in [1.807, 2.05) is 0 Å². The highest BCUT2D eigenvalue weighted by atomic mass is 35.5. The predicted octanol–water partition coefficient (Wildman–Crippen LogP) is 4.26. The van der Waals surface area contributed by atoms with E-state index in [9.17, 15) is 13.0 Å². The SMILES string of the molecule is C[C@H](c1ccc(F)c(F)c1)[S@](=O)c1cc2c(cc1Cl)OCCO2. The lowest BCUT2D eigenvalue weighted by molar-refractivity contribution is 0.171. The van der Waals surface area contributed by atoms with Crippen molar-refractivity contribution in [3.63, 3.8) is 0 Å². The van der Waals surface area contributed by atoms with Gasteiger partial charge in [0.1, 0.15) is 13.2 Å². The van der Waals surface area contributed by atoms with E-state index < -0.39 is 27.7 Å². The van der Waals surface area contributed by atoms with Crippen LogP contribution >= 0.6 is 11.6 Å². The van der Waals surface area contributed by atoms with Gasteiger partial charge in [-0.1, -0.05) is 17.7 Å². The highest BCUT2D eigenvalue weighted by Gasteiger charge is 2.23. The van der Waals surface area contributed by atoms with Gasteiger partial charge in [0.25, 0.3) is 0 Å². The number of rotatable bonds is 3. The number of hydrogen-bond acceptors (Lipinski definition) is 3. The second kappa shape index (κ2) is 6.45.